The van der Waals surface area contributed by atoms with Gasteiger partial charge in [-0.1, -0.05) is 37.5 Å². The summed E-state index contributed by atoms with van der Waals surface area (Å²) >= 11 is 5.29. The van der Waals surface area contributed by atoms with Gasteiger partial charge in [-0.2, -0.15) is 0 Å². The number of nitrogens with one attached hydrogen (secondary N) is 3. The lowest BCUT2D eigenvalue weighted by atomic mass is 9.96. The minimum absolute atomic E-state index is 0.539. The zero-order valence-electron chi connectivity index (χ0n) is 10.8. The molecule has 0 aliphatic heterocycles. The van der Waals surface area contributed by atoms with E-state index in [-0.39, 0.29) is 0 Å². The van der Waals surface area contributed by atoms with Gasteiger partial charge in [0.15, 0.2) is 5.11 Å². The van der Waals surface area contributed by atoms with Gasteiger partial charge in [0, 0.05) is 6.04 Å². The molecule has 1 aliphatic carbocycles. The standard InChI is InChI=1S/C14H21N3S/c1-11-7-5-6-10-13(11)16-17-14(18)15-12-8-3-2-4-9-12/h5-7,10,12,16H,2-4,8-9H2,1H3,(H2,15,17,18). The van der Waals surface area contributed by atoms with E-state index in [2.05, 4.69) is 29.2 Å². The maximum Gasteiger partial charge on any atom is 0.185 e. The number of thiocarbonyl (C=S) groups is 1. The van der Waals surface area contributed by atoms with Gasteiger partial charge >= 0.3 is 0 Å². The molecule has 98 valence electrons. The summed E-state index contributed by atoms with van der Waals surface area (Å²) in [6, 6.07) is 8.68. The van der Waals surface area contributed by atoms with Crippen LogP contribution in [0, 0.1) is 6.92 Å². The molecule has 0 saturated heterocycles. The highest BCUT2D eigenvalue weighted by Crippen LogP contribution is 2.17. The Morgan fingerprint density at radius 1 is 1.17 bits per heavy atom. The first-order chi connectivity index (χ1) is 8.75. The third-order valence-electron chi connectivity index (χ3n) is 3.40. The number of hydrogen-bond donors (Lipinski definition) is 3. The predicted molar refractivity (Wildman–Crippen MR) is 80.5 cm³/mol. The maximum absolute atomic E-state index is 5.29. The SMILES string of the molecule is Cc1ccccc1NNC(=S)NC1CCCCC1. The summed E-state index contributed by atoms with van der Waals surface area (Å²) in [6.07, 6.45) is 6.44. The second kappa shape index (κ2) is 6.59. The Balaban J connectivity index is 1.76. The van der Waals surface area contributed by atoms with Crippen LogP contribution in [-0.2, 0) is 0 Å². The number of benzene rings is 1. The molecule has 0 unspecified atom stereocenters. The van der Waals surface area contributed by atoms with Crippen molar-refractivity contribution in [3.05, 3.63) is 29.8 Å². The summed E-state index contributed by atoms with van der Waals surface area (Å²) in [5.74, 6) is 0. The molecule has 1 aromatic carbocycles. The zero-order chi connectivity index (χ0) is 12.8. The molecular formula is C14H21N3S. The second-order valence-corrected chi connectivity index (χ2v) is 5.28. The fraction of sp³-hybridized carbons (Fsp3) is 0.500. The van der Waals surface area contributed by atoms with Gasteiger partial charge in [0.05, 0.1) is 5.69 Å². The van der Waals surface area contributed by atoms with E-state index >= 15 is 0 Å². The molecule has 1 aliphatic rings. The van der Waals surface area contributed by atoms with Crippen molar-refractivity contribution >= 4 is 23.0 Å². The number of aryl methyl sites for hydroxylation is 1. The van der Waals surface area contributed by atoms with Gasteiger partial charge in [-0.15, -0.1) is 0 Å². The lowest BCUT2D eigenvalue weighted by Gasteiger charge is -2.24. The summed E-state index contributed by atoms with van der Waals surface area (Å²) in [6.45, 7) is 2.07. The minimum Gasteiger partial charge on any atom is -0.359 e. The topological polar surface area (TPSA) is 36.1 Å². The van der Waals surface area contributed by atoms with E-state index in [1.165, 1.54) is 37.7 Å². The Hall–Kier alpha value is -1.29. The van der Waals surface area contributed by atoms with E-state index in [1.807, 2.05) is 18.2 Å². The number of rotatable bonds is 3. The Morgan fingerprint density at radius 3 is 2.61 bits per heavy atom. The first-order valence-electron chi connectivity index (χ1n) is 6.64. The number of anilines is 1. The highest BCUT2D eigenvalue weighted by atomic mass is 32.1. The van der Waals surface area contributed by atoms with Gasteiger partial charge in [-0.25, -0.2) is 0 Å². The van der Waals surface area contributed by atoms with Crippen LogP contribution in [0.2, 0.25) is 0 Å². The molecule has 3 nitrogen and oxygen atoms in total. The molecule has 18 heavy (non-hydrogen) atoms. The van der Waals surface area contributed by atoms with E-state index < -0.39 is 0 Å². The molecule has 1 fully saturated rings. The van der Waals surface area contributed by atoms with Crippen molar-refractivity contribution < 1.29 is 0 Å². The van der Waals surface area contributed by atoms with Gasteiger partial charge in [0.1, 0.15) is 0 Å². The molecular weight excluding hydrogens is 242 g/mol. The van der Waals surface area contributed by atoms with Crippen LogP contribution < -0.4 is 16.2 Å². The number of para-hydroxylation sites is 1. The summed E-state index contributed by atoms with van der Waals surface area (Å²) in [5, 5.41) is 4.05. The summed E-state index contributed by atoms with van der Waals surface area (Å²) < 4.78 is 0. The summed E-state index contributed by atoms with van der Waals surface area (Å²) in [5.41, 5.74) is 8.47. The Labute approximate surface area is 114 Å². The molecule has 0 atom stereocenters. The van der Waals surface area contributed by atoms with E-state index in [0.29, 0.717) is 11.2 Å². The van der Waals surface area contributed by atoms with Crippen molar-refractivity contribution in [2.45, 2.75) is 45.1 Å². The molecule has 0 bridgehead atoms. The van der Waals surface area contributed by atoms with Crippen molar-refractivity contribution in [2.24, 2.45) is 0 Å². The molecule has 1 aromatic rings. The van der Waals surface area contributed by atoms with Crippen molar-refractivity contribution in [1.82, 2.24) is 10.7 Å². The minimum atomic E-state index is 0.539. The van der Waals surface area contributed by atoms with Crippen LogP contribution in [0.4, 0.5) is 5.69 Å². The third-order valence-corrected chi connectivity index (χ3v) is 3.62. The zero-order valence-corrected chi connectivity index (χ0v) is 11.6. The average Bonchev–Trinajstić information content (AvgIpc) is 2.39. The van der Waals surface area contributed by atoms with Gasteiger partial charge in [-0.3, -0.25) is 10.9 Å². The monoisotopic (exact) mass is 263 g/mol. The van der Waals surface area contributed by atoms with Gasteiger partial charge < -0.3 is 5.32 Å². The summed E-state index contributed by atoms with van der Waals surface area (Å²) in [4.78, 5) is 0. The average molecular weight is 263 g/mol. The molecule has 4 heteroatoms. The van der Waals surface area contributed by atoms with Gasteiger partial charge in [0.25, 0.3) is 0 Å². The maximum atomic E-state index is 5.29. The normalized spacial score (nSPS) is 16.1. The fourth-order valence-electron chi connectivity index (χ4n) is 2.31. The van der Waals surface area contributed by atoms with Crippen LogP contribution in [0.25, 0.3) is 0 Å². The van der Waals surface area contributed by atoms with Crippen LogP contribution in [0.1, 0.15) is 37.7 Å². The number of hydrazine groups is 1. The largest absolute Gasteiger partial charge is 0.359 e. The van der Waals surface area contributed by atoms with Crippen LogP contribution in [0.3, 0.4) is 0 Å². The molecule has 3 N–H and O–H groups in total. The molecule has 0 radical (unpaired) electrons. The predicted octanol–water partition coefficient (Wildman–Crippen LogP) is 3.12. The lowest BCUT2D eigenvalue weighted by molar-refractivity contribution is 0.412. The van der Waals surface area contributed by atoms with Gasteiger partial charge in [-0.05, 0) is 43.6 Å². The highest BCUT2D eigenvalue weighted by molar-refractivity contribution is 7.80. The van der Waals surface area contributed by atoms with Crippen molar-refractivity contribution in [1.29, 1.82) is 0 Å². The number of hydrogen-bond acceptors (Lipinski definition) is 2. The molecule has 1 saturated carbocycles. The van der Waals surface area contributed by atoms with E-state index in [1.54, 1.807) is 0 Å². The fourth-order valence-corrected chi connectivity index (χ4v) is 2.52. The summed E-state index contributed by atoms with van der Waals surface area (Å²) in [7, 11) is 0. The van der Waals surface area contributed by atoms with Crippen molar-refractivity contribution in [3.8, 4) is 0 Å². The van der Waals surface area contributed by atoms with E-state index in [9.17, 15) is 0 Å². The molecule has 2 rings (SSSR count). The molecule has 0 aromatic heterocycles. The Bertz CT molecular complexity index is 400. The van der Waals surface area contributed by atoms with Crippen LogP contribution in [-0.4, -0.2) is 11.2 Å². The van der Waals surface area contributed by atoms with E-state index in [0.717, 1.165) is 5.69 Å². The lowest BCUT2D eigenvalue weighted by Crippen LogP contribution is -2.44. The third kappa shape index (κ3) is 3.88. The molecule has 0 amide bonds. The van der Waals surface area contributed by atoms with Crippen LogP contribution in [0.15, 0.2) is 24.3 Å². The van der Waals surface area contributed by atoms with Gasteiger partial charge in [0.2, 0.25) is 0 Å². The highest BCUT2D eigenvalue weighted by Gasteiger charge is 2.13. The van der Waals surface area contributed by atoms with Crippen molar-refractivity contribution in [3.63, 3.8) is 0 Å². The van der Waals surface area contributed by atoms with E-state index in [4.69, 9.17) is 12.2 Å². The first kappa shape index (κ1) is 13.1. The Morgan fingerprint density at radius 2 is 1.89 bits per heavy atom. The Kier molecular flexibility index (Phi) is 4.81. The molecule has 0 heterocycles. The smallest absolute Gasteiger partial charge is 0.185 e. The second-order valence-electron chi connectivity index (χ2n) is 4.87. The quantitative estimate of drug-likeness (QED) is 0.578. The molecule has 0 spiro atoms. The first-order valence-corrected chi connectivity index (χ1v) is 7.04. The van der Waals surface area contributed by atoms with Crippen LogP contribution in [0.5, 0.6) is 0 Å². The van der Waals surface area contributed by atoms with Crippen molar-refractivity contribution in [2.75, 3.05) is 5.43 Å². The van der Waals surface area contributed by atoms with Crippen LogP contribution >= 0.6 is 12.2 Å².